The van der Waals surface area contributed by atoms with Crippen molar-refractivity contribution in [1.82, 2.24) is 34.7 Å². The van der Waals surface area contributed by atoms with Gasteiger partial charge in [-0.1, -0.05) is 36.9 Å². The van der Waals surface area contributed by atoms with Crippen LogP contribution in [-0.2, 0) is 6.54 Å². The Balaban J connectivity index is 1.72. The van der Waals surface area contributed by atoms with Gasteiger partial charge in [0.2, 0.25) is 17.1 Å². The molecule has 9 nitrogen and oxygen atoms in total. The Labute approximate surface area is 172 Å². The van der Waals surface area contributed by atoms with E-state index in [1.54, 1.807) is 4.90 Å². The van der Waals surface area contributed by atoms with Gasteiger partial charge in [-0.05, 0) is 19.4 Å². The number of fused-ring (bicyclic) bond motifs is 3. The number of nitrogens with zero attached hydrogens (tertiary/aromatic N) is 8. The number of benzene rings is 1. The largest absolute Gasteiger partial charge is 0.368 e. The van der Waals surface area contributed by atoms with Crippen LogP contribution in [0.25, 0.3) is 22.1 Å². The summed E-state index contributed by atoms with van der Waals surface area (Å²) in [5.41, 5.74) is 8.65. The van der Waals surface area contributed by atoms with E-state index in [0.717, 1.165) is 35.0 Å². The molecule has 10 heteroatoms. The fraction of sp³-hybridized carbons (Fsp3) is 0.368. The molecule has 0 radical (unpaired) electrons. The molecule has 0 fully saturated rings. The highest BCUT2D eigenvalue weighted by molar-refractivity contribution is 7.99. The van der Waals surface area contributed by atoms with Crippen LogP contribution in [0.3, 0.4) is 0 Å². The summed E-state index contributed by atoms with van der Waals surface area (Å²) in [7, 11) is 3.73. The molecule has 0 spiro atoms. The highest BCUT2D eigenvalue weighted by atomic mass is 32.2. The molecule has 1 aromatic carbocycles. The lowest BCUT2D eigenvalue weighted by Crippen LogP contribution is -2.16. The Morgan fingerprint density at radius 2 is 1.90 bits per heavy atom. The molecular weight excluding hydrogens is 386 g/mol. The second-order valence-corrected chi connectivity index (χ2v) is 8.25. The smallest absolute Gasteiger partial charge is 0.229 e. The quantitative estimate of drug-likeness (QED) is 0.480. The first kappa shape index (κ1) is 19.3. The molecule has 0 bridgehead atoms. The van der Waals surface area contributed by atoms with Gasteiger partial charge < -0.3 is 15.2 Å². The van der Waals surface area contributed by atoms with Gasteiger partial charge in [0.15, 0.2) is 5.65 Å². The monoisotopic (exact) mass is 409 g/mol. The van der Waals surface area contributed by atoms with Crippen LogP contribution in [0.2, 0.25) is 0 Å². The van der Waals surface area contributed by atoms with E-state index in [1.165, 1.54) is 11.8 Å². The topological polar surface area (TPSA) is 112 Å². The lowest BCUT2D eigenvalue weighted by molar-refractivity contribution is 0.709. The van der Waals surface area contributed by atoms with E-state index in [-0.39, 0.29) is 11.2 Å². The van der Waals surface area contributed by atoms with E-state index in [4.69, 9.17) is 10.7 Å². The fourth-order valence-electron chi connectivity index (χ4n) is 3.18. The average molecular weight is 410 g/mol. The number of anilines is 2. The van der Waals surface area contributed by atoms with Crippen LogP contribution >= 0.6 is 11.8 Å². The minimum atomic E-state index is -0.109. The van der Waals surface area contributed by atoms with Crippen LogP contribution in [0.1, 0.15) is 31.3 Å². The van der Waals surface area contributed by atoms with Gasteiger partial charge in [0.05, 0.1) is 10.8 Å². The normalized spacial score (nSPS) is 12.6. The lowest BCUT2D eigenvalue weighted by Gasteiger charge is -2.14. The van der Waals surface area contributed by atoms with Gasteiger partial charge >= 0.3 is 0 Å². The van der Waals surface area contributed by atoms with E-state index in [2.05, 4.69) is 48.8 Å². The number of thioether (sulfide) groups is 1. The first-order valence-corrected chi connectivity index (χ1v) is 10.3. The van der Waals surface area contributed by atoms with Crippen LogP contribution in [0.15, 0.2) is 29.4 Å². The van der Waals surface area contributed by atoms with Crippen molar-refractivity contribution in [3.63, 3.8) is 0 Å². The number of rotatable bonds is 6. The fourth-order valence-corrected chi connectivity index (χ4v) is 3.93. The van der Waals surface area contributed by atoms with Crippen LogP contribution in [0, 0.1) is 0 Å². The molecule has 0 aliphatic heterocycles. The number of hydrogen-bond donors (Lipinski definition) is 1. The van der Waals surface area contributed by atoms with Crippen LogP contribution in [-0.4, -0.2) is 48.8 Å². The second kappa shape index (κ2) is 7.78. The maximum atomic E-state index is 5.85. The molecule has 4 aromatic rings. The molecule has 3 aromatic heterocycles. The summed E-state index contributed by atoms with van der Waals surface area (Å²) in [4.78, 5) is 19.5. The van der Waals surface area contributed by atoms with Gasteiger partial charge in [-0.15, -0.1) is 10.2 Å². The van der Waals surface area contributed by atoms with E-state index in [9.17, 15) is 0 Å². The summed E-state index contributed by atoms with van der Waals surface area (Å²) in [6.07, 6.45) is 1.01. The van der Waals surface area contributed by atoms with E-state index in [0.29, 0.717) is 16.9 Å². The maximum absolute atomic E-state index is 5.85. The number of para-hydroxylation sites is 1. The highest BCUT2D eigenvalue weighted by Gasteiger charge is 2.19. The molecule has 2 N–H and O–H groups in total. The van der Waals surface area contributed by atoms with Crippen molar-refractivity contribution >= 4 is 45.7 Å². The number of nitrogen functional groups attached to an aromatic ring is 1. The molecule has 0 saturated heterocycles. The SMILES string of the molecule is CCCn1c2ccccc2c2nnc(S[C@@H](C)c3nc(N)nc(N(C)C)n3)nc21. The average Bonchev–Trinajstić information content (AvgIpc) is 3.01. The zero-order valence-corrected chi connectivity index (χ0v) is 17.7. The van der Waals surface area contributed by atoms with Gasteiger partial charge in [-0.3, -0.25) is 0 Å². The first-order chi connectivity index (χ1) is 14.0. The van der Waals surface area contributed by atoms with Gasteiger partial charge in [-0.25, -0.2) is 4.98 Å². The number of nitrogens with two attached hydrogens (primary N) is 1. The summed E-state index contributed by atoms with van der Waals surface area (Å²) in [5, 5.41) is 10.4. The first-order valence-electron chi connectivity index (χ1n) is 9.45. The van der Waals surface area contributed by atoms with Gasteiger partial charge in [0.25, 0.3) is 0 Å². The Morgan fingerprint density at radius 1 is 1.10 bits per heavy atom. The number of aromatic nitrogens is 7. The number of aryl methyl sites for hydroxylation is 1. The molecule has 0 aliphatic carbocycles. The minimum Gasteiger partial charge on any atom is -0.368 e. The van der Waals surface area contributed by atoms with Gasteiger partial charge in [0, 0.05) is 26.0 Å². The molecule has 29 heavy (non-hydrogen) atoms. The summed E-state index contributed by atoms with van der Waals surface area (Å²) >= 11 is 1.45. The second-order valence-electron chi connectivity index (χ2n) is 6.94. The molecule has 3 heterocycles. The molecule has 150 valence electrons. The maximum Gasteiger partial charge on any atom is 0.229 e. The summed E-state index contributed by atoms with van der Waals surface area (Å²) in [6, 6.07) is 8.20. The zero-order valence-electron chi connectivity index (χ0n) is 16.9. The van der Waals surface area contributed by atoms with Crippen molar-refractivity contribution < 1.29 is 0 Å². The molecule has 0 saturated carbocycles. The standard InChI is InChI=1S/C19H23N9S/c1-5-10-28-13-9-7-6-8-12(13)14-16(28)23-19(26-25-14)29-11(2)15-21-17(20)24-18(22-15)27(3)4/h6-9,11H,5,10H2,1-4H3,(H2,20,21,22,24)/t11-/m0/s1. The molecule has 0 aliphatic rings. The molecule has 0 unspecified atom stereocenters. The number of hydrogen-bond acceptors (Lipinski definition) is 9. The third-order valence-electron chi connectivity index (χ3n) is 4.51. The van der Waals surface area contributed by atoms with Gasteiger partial charge in [0.1, 0.15) is 11.3 Å². The summed E-state index contributed by atoms with van der Waals surface area (Å²) in [6.45, 7) is 5.02. The van der Waals surface area contributed by atoms with Crippen LogP contribution in [0.4, 0.5) is 11.9 Å². The zero-order chi connectivity index (χ0) is 20.5. The molecule has 4 rings (SSSR count). The van der Waals surface area contributed by atoms with Crippen molar-refractivity contribution in [3.05, 3.63) is 30.1 Å². The van der Waals surface area contributed by atoms with E-state index in [1.807, 2.05) is 33.2 Å². The van der Waals surface area contributed by atoms with Crippen LogP contribution < -0.4 is 10.6 Å². The molecular formula is C19H23N9S. The molecule has 1 atom stereocenters. The third-order valence-corrected chi connectivity index (χ3v) is 5.45. The Hall–Kier alpha value is -3.01. The van der Waals surface area contributed by atoms with Crippen molar-refractivity contribution in [3.8, 4) is 0 Å². The highest BCUT2D eigenvalue weighted by Crippen LogP contribution is 2.33. The predicted octanol–water partition coefficient (Wildman–Crippen LogP) is 3.08. The molecule has 0 amide bonds. The summed E-state index contributed by atoms with van der Waals surface area (Å²) < 4.78 is 2.21. The Morgan fingerprint density at radius 3 is 2.66 bits per heavy atom. The lowest BCUT2D eigenvalue weighted by atomic mass is 10.2. The van der Waals surface area contributed by atoms with Crippen LogP contribution in [0.5, 0.6) is 0 Å². The van der Waals surface area contributed by atoms with Gasteiger partial charge in [-0.2, -0.15) is 15.0 Å². The predicted molar refractivity (Wildman–Crippen MR) is 116 cm³/mol. The van der Waals surface area contributed by atoms with Crippen molar-refractivity contribution in [2.24, 2.45) is 0 Å². The van der Waals surface area contributed by atoms with Crippen molar-refractivity contribution in [2.45, 2.75) is 37.2 Å². The third kappa shape index (κ3) is 3.67. The Bertz CT molecular complexity index is 1170. The van der Waals surface area contributed by atoms with Crippen molar-refractivity contribution in [2.75, 3.05) is 24.7 Å². The Kier molecular flexibility index (Phi) is 5.18. The van der Waals surface area contributed by atoms with E-state index < -0.39 is 0 Å². The van der Waals surface area contributed by atoms with Crippen molar-refractivity contribution in [1.29, 1.82) is 0 Å². The summed E-state index contributed by atoms with van der Waals surface area (Å²) in [5.74, 6) is 1.31. The van der Waals surface area contributed by atoms with E-state index >= 15 is 0 Å². The minimum absolute atomic E-state index is 0.109.